The highest BCUT2D eigenvalue weighted by Gasteiger charge is 2.16. The van der Waals surface area contributed by atoms with Gasteiger partial charge in [0, 0.05) is 44.4 Å². The summed E-state index contributed by atoms with van der Waals surface area (Å²) in [4.78, 5) is 42.7. The molecule has 2 amide bonds. The van der Waals surface area contributed by atoms with Crippen molar-refractivity contribution in [3.8, 4) is 0 Å². The maximum absolute atomic E-state index is 13.3. The van der Waals surface area contributed by atoms with E-state index in [0.29, 0.717) is 22.6 Å². The van der Waals surface area contributed by atoms with Crippen LogP contribution in [-0.2, 0) is 4.79 Å². The van der Waals surface area contributed by atoms with E-state index in [1.807, 2.05) is 60.7 Å². The molecule has 0 atom stereocenters. The molecular weight excluding hydrogens is 506 g/mol. The van der Waals surface area contributed by atoms with Crippen LogP contribution < -0.4 is 10.6 Å². The Morgan fingerprint density at radius 1 is 0.744 bits per heavy atom. The van der Waals surface area contributed by atoms with Crippen LogP contribution in [0.25, 0.3) is 17.0 Å². The molecule has 6 nitrogen and oxygen atoms in total. The van der Waals surface area contributed by atoms with E-state index in [1.54, 1.807) is 60.8 Å². The van der Waals surface area contributed by atoms with Crippen LogP contribution in [0, 0.1) is 0 Å². The zero-order chi connectivity index (χ0) is 27.0. The van der Waals surface area contributed by atoms with Gasteiger partial charge in [0.05, 0.1) is 5.75 Å². The van der Waals surface area contributed by atoms with Crippen molar-refractivity contribution in [3.05, 3.63) is 138 Å². The molecule has 7 heteroatoms. The Morgan fingerprint density at radius 2 is 1.38 bits per heavy atom. The van der Waals surface area contributed by atoms with Crippen LogP contribution in [0.3, 0.4) is 0 Å². The van der Waals surface area contributed by atoms with Crippen molar-refractivity contribution in [1.29, 1.82) is 0 Å². The third-order valence-corrected chi connectivity index (χ3v) is 7.04. The molecule has 4 aromatic carbocycles. The van der Waals surface area contributed by atoms with E-state index in [-0.39, 0.29) is 17.4 Å². The van der Waals surface area contributed by atoms with Crippen molar-refractivity contribution in [1.82, 2.24) is 10.3 Å². The predicted molar refractivity (Wildman–Crippen MR) is 157 cm³/mol. The van der Waals surface area contributed by atoms with Gasteiger partial charge in [-0.3, -0.25) is 14.4 Å². The van der Waals surface area contributed by atoms with Gasteiger partial charge in [-0.1, -0.05) is 66.7 Å². The average molecular weight is 532 g/mol. The minimum Gasteiger partial charge on any atom is -0.361 e. The van der Waals surface area contributed by atoms with Gasteiger partial charge in [0.2, 0.25) is 0 Å². The van der Waals surface area contributed by atoms with Gasteiger partial charge in [0.1, 0.15) is 5.70 Å². The first-order valence-corrected chi connectivity index (χ1v) is 13.3. The molecule has 0 radical (unpaired) electrons. The third-order valence-electron chi connectivity index (χ3n) is 6.03. The van der Waals surface area contributed by atoms with Gasteiger partial charge in [-0.2, -0.15) is 0 Å². The number of amides is 2. The van der Waals surface area contributed by atoms with Crippen molar-refractivity contribution in [2.24, 2.45) is 0 Å². The summed E-state index contributed by atoms with van der Waals surface area (Å²) < 4.78 is 0. The molecule has 0 bridgehead atoms. The lowest BCUT2D eigenvalue weighted by molar-refractivity contribution is -0.113. The number of fused-ring (bicyclic) bond motifs is 1. The average Bonchev–Trinajstić information content (AvgIpc) is 3.40. The quantitative estimate of drug-likeness (QED) is 0.114. The predicted octanol–water partition coefficient (Wildman–Crippen LogP) is 6.55. The zero-order valence-corrected chi connectivity index (χ0v) is 21.7. The fraction of sp³-hybridized carbons (Fsp3) is 0.0312. The van der Waals surface area contributed by atoms with E-state index in [9.17, 15) is 14.4 Å². The number of nitrogens with one attached hydrogen (secondary N) is 3. The zero-order valence-electron chi connectivity index (χ0n) is 20.9. The van der Waals surface area contributed by atoms with Crippen LogP contribution in [0.15, 0.2) is 126 Å². The molecule has 0 aliphatic carbocycles. The van der Waals surface area contributed by atoms with Crippen molar-refractivity contribution in [3.63, 3.8) is 0 Å². The molecular formula is C32H25N3O3S. The maximum Gasteiger partial charge on any atom is 0.272 e. The van der Waals surface area contributed by atoms with Gasteiger partial charge in [0.15, 0.2) is 5.78 Å². The van der Waals surface area contributed by atoms with E-state index < -0.39 is 5.91 Å². The molecule has 1 aromatic heterocycles. The van der Waals surface area contributed by atoms with E-state index in [1.165, 1.54) is 11.8 Å². The number of para-hydroxylation sites is 1. The molecule has 0 saturated heterocycles. The molecule has 39 heavy (non-hydrogen) atoms. The second-order valence-corrected chi connectivity index (χ2v) is 9.77. The largest absolute Gasteiger partial charge is 0.361 e. The van der Waals surface area contributed by atoms with E-state index in [4.69, 9.17) is 0 Å². The Kier molecular flexibility index (Phi) is 8.00. The fourth-order valence-corrected chi connectivity index (χ4v) is 4.79. The number of hydrogen-bond acceptors (Lipinski definition) is 4. The Morgan fingerprint density at radius 3 is 2.10 bits per heavy atom. The molecule has 0 fully saturated rings. The maximum atomic E-state index is 13.3. The fourth-order valence-electron chi connectivity index (χ4n) is 4.00. The Balaban J connectivity index is 1.31. The minimum absolute atomic E-state index is 0.0548. The van der Waals surface area contributed by atoms with E-state index in [0.717, 1.165) is 21.4 Å². The minimum atomic E-state index is -0.454. The molecule has 0 aliphatic rings. The number of thioether (sulfide) groups is 1. The van der Waals surface area contributed by atoms with Crippen LogP contribution in [0.2, 0.25) is 0 Å². The smallest absolute Gasteiger partial charge is 0.272 e. The van der Waals surface area contributed by atoms with E-state index >= 15 is 0 Å². The van der Waals surface area contributed by atoms with Crippen molar-refractivity contribution >= 4 is 52.0 Å². The van der Waals surface area contributed by atoms with Gasteiger partial charge in [0.25, 0.3) is 11.8 Å². The van der Waals surface area contributed by atoms with Crippen LogP contribution in [-0.4, -0.2) is 28.3 Å². The summed E-state index contributed by atoms with van der Waals surface area (Å²) in [6, 6.07) is 32.9. The number of Topliss-reactive ketones (excluding diaryl/α,β-unsaturated/α-hetero) is 1. The summed E-state index contributed by atoms with van der Waals surface area (Å²) >= 11 is 1.43. The number of anilines is 1. The number of aromatic amines is 1. The highest BCUT2D eigenvalue weighted by Crippen LogP contribution is 2.23. The highest BCUT2D eigenvalue weighted by molar-refractivity contribution is 8.00. The molecule has 5 rings (SSSR count). The first-order valence-electron chi connectivity index (χ1n) is 12.3. The second kappa shape index (κ2) is 12.1. The number of benzene rings is 4. The summed E-state index contributed by atoms with van der Waals surface area (Å²) in [5, 5.41) is 6.57. The molecule has 192 valence electrons. The highest BCUT2D eigenvalue weighted by atomic mass is 32.2. The number of hydrogen-bond donors (Lipinski definition) is 3. The van der Waals surface area contributed by atoms with Crippen molar-refractivity contribution in [2.45, 2.75) is 4.90 Å². The lowest BCUT2D eigenvalue weighted by Crippen LogP contribution is -2.30. The number of rotatable bonds is 9. The monoisotopic (exact) mass is 531 g/mol. The summed E-state index contributed by atoms with van der Waals surface area (Å²) in [6.45, 7) is 0. The Hall–Kier alpha value is -4.88. The molecule has 3 N–H and O–H groups in total. The topological polar surface area (TPSA) is 91.1 Å². The van der Waals surface area contributed by atoms with Gasteiger partial charge < -0.3 is 15.6 Å². The molecule has 5 aromatic rings. The van der Waals surface area contributed by atoms with Crippen LogP contribution in [0.4, 0.5) is 5.69 Å². The lowest BCUT2D eigenvalue weighted by Gasteiger charge is -2.12. The first kappa shape index (κ1) is 25.8. The Bertz CT molecular complexity index is 1640. The molecule has 0 unspecified atom stereocenters. The summed E-state index contributed by atoms with van der Waals surface area (Å²) in [5.41, 5.74) is 3.51. The second-order valence-electron chi connectivity index (χ2n) is 8.72. The van der Waals surface area contributed by atoms with Crippen LogP contribution >= 0.6 is 11.8 Å². The van der Waals surface area contributed by atoms with Crippen LogP contribution in [0.1, 0.15) is 26.3 Å². The summed E-state index contributed by atoms with van der Waals surface area (Å²) in [5.74, 6) is -0.464. The molecule has 0 saturated carbocycles. The number of carbonyl (C=O) groups is 3. The number of ketones is 1. The van der Waals surface area contributed by atoms with Crippen LogP contribution in [0.5, 0.6) is 0 Å². The Labute approximate surface area is 230 Å². The molecule has 1 heterocycles. The molecule has 0 aliphatic heterocycles. The summed E-state index contributed by atoms with van der Waals surface area (Å²) in [6.07, 6.45) is 3.46. The van der Waals surface area contributed by atoms with Gasteiger partial charge in [-0.15, -0.1) is 11.8 Å². The van der Waals surface area contributed by atoms with Gasteiger partial charge >= 0.3 is 0 Å². The standard InChI is InChI=1S/C32H25N3O3S/c36-30(22-9-3-1-4-10-22)21-39-26-17-15-25(16-18-26)34-32(38)29(35-31(37)23-11-5-2-6-12-23)19-24-20-33-28-14-8-7-13-27(24)28/h1-20,33H,21H2,(H,34,38)(H,35,37)/b29-19-. The van der Waals surface area contributed by atoms with E-state index in [2.05, 4.69) is 15.6 Å². The number of aromatic nitrogens is 1. The third kappa shape index (κ3) is 6.52. The lowest BCUT2D eigenvalue weighted by atomic mass is 10.1. The number of H-pyrrole nitrogens is 1. The van der Waals surface area contributed by atoms with Crippen molar-refractivity contribution in [2.75, 3.05) is 11.1 Å². The van der Waals surface area contributed by atoms with Gasteiger partial charge in [-0.05, 0) is 48.5 Å². The first-order chi connectivity index (χ1) is 19.1. The molecule has 0 spiro atoms. The summed E-state index contributed by atoms with van der Waals surface area (Å²) in [7, 11) is 0. The van der Waals surface area contributed by atoms with Crippen molar-refractivity contribution < 1.29 is 14.4 Å². The SMILES string of the molecule is O=C(Nc1ccc(SCC(=O)c2ccccc2)cc1)/C(=C/c1c[nH]c2ccccc12)NC(=O)c1ccccc1. The number of carbonyl (C=O) groups excluding carboxylic acids is 3. The van der Waals surface area contributed by atoms with Gasteiger partial charge in [-0.25, -0.2) is 0 Å². The normalized spacial score (nSPS) is 11.2.